The zero-order valence-electron chi connectivity index (χ0n) is 10.8. The van der Waals surface area contributed by atoms with Gasteiger partial charge in [0.25, 0.3) is 0 Å². The van der Waals surface area contributed by atoms with Gasteiger partial charge >= 0.3 is 0 Å². The smallest absolute Gasteiger partial charge is 0.126 e. The topological polar surface area (TPSA) is 34.2 Å². The molecule has 19 heavy (non-hydrogen) atoms. The monoisotopic (exact) mass is 270 g/mol. The van der Waals surface area contributed by atoms with E-state index in [1.54, 1.807) is 18.4 Å². The van der Waals surface area contributed by atoms with E-state index in [-0.39, 0.29) is 0 Å². The van der Waals surface area contributed by atoms with E-state index in [9.17, 15) is 0 Å². The summed E-state index contributed by atoms with van der Waals surface area (Å²) in [5.41, 5.74) is 3.23. The van der Waals surface area contributed by atoms with Crippen LogP contribution in [-0.2, 0) is 0 Å². The van der Waals surface area contributed by atoms with E-state index in [0.29, 0.717) is 0 Å². The number of rotatable bonds is 3. The minimum absolute atomic E-state index is 0.865. The van der Waals surface area contributed by atoms with Crippen molar-refractivity contribution in [1.29, 1.82) is 0 Å². The van der Waals surface area contributed by atoms with Gasteiger partial charge in [-0.3, -0.25) is 0 Å². The first-order valence-electron chi connectivity index (χ1n) is 6.03. The molecular weight excluding hydrogens is 256 g/mol. The first-order valence-corrected chi connectivity index (χ1v) is 6.85. The Morgan fingerprint density at radius 2 is 2.00 bits per heavy atom. The highest BCUT2D eigenvalue weighted by molar-refractivity contribution is 7.21. The largest absolute Gasteiger partial charge is 0.497 e. The second-order valence-corrected chi connectivity index (χ2v) is 5.18. The van der Waals surface area contributed by atoms with Crippen LogP contribution in [0.4, 0.5) is 5.69 Å². The maximum Gasteiger partial charge on any atom is 0.126 e. The molecule has 3 rings (SSSR count). The second kappa shape index (κ2) is 4.90. The van der Waals surface area contributed by atoms with Gasteiger partial charge in [-0.1, -0.05) is 12.1 Å². The molecule has 1 N–H and O–H groups in total. The first kappa shape index (κ1) is 12.0. The van der Waals surface area contributed by atoms with Crippen molar-refractivity contribution in [2.45, 2.75) is 0 Å². The number of methoxy groups -OCH3 is 1. The average Bonchev–Trinajstić information content (AvgIpc) is 2.89. The van der Waals surface area contributed by atoms with Gasteiger partial charge in [-0.25, -0.2) is 4.98 Å². The van der Waals surface area contributed by atoms with Crippen LogP contribution in [0.15, 0.2) is 42.5 Å². The lowest BCUT2D eigenvalue weighted by Crippen LogP contribution is -1.90. The molecule has 3 aromatic rings. The van der Waals surface area contributed by atoms with E-state index >= 15 is 0 Å². The fraction of sp³-hybridized carbons (Fsp3) is 0.133. The molecule has 0 saturated heterocycles. The van der Waals surface area contributed by atoms with Crippen LogP contribution in [0.5, 0.6) is 5.75 Å². The molecule has 0 saturated carbocycles. The van der Waals surface area contributed by atoms with Crippen molar-refractivity contribution in [1.82, 2.24) is 4.98 Å². The molecule has 0 aliphatic rings. The summed E-state index contributed by atoms with van der Waals surface area (Å²) in [5.74, 6) is 0.865. The van der Waals surface area contributed by atoms with Crippen LogP contribution in [0.1, 0.15) is 0 Å². The number of anilines is 1. The molecule has 3 nitrogen and oxygen atoms in total. The van der Waals surface area contributed by atoms with Crippen LogP contribution in [0, 0.1) is 0 Å². The van der Waals surface area contributed by atoms with Gasteiger partial charge in [0.1, 0.15) is 10.8 Å². The molecular formula is C15H14N2OS. The third kappa shape index (κ3) is 2.15. The Kier molecular flexibility index (Phi) is 3.09. The highest BCUT2D eigenvalue weighted by atomic mass is 32.1. The number of para-hydroxylation sites is 1. The van der Waals surface area contributed by atoms with Crippen LogP contribution in [0.25, 0.3) is 20.8 Å². The van der Waals surface area contributed by atoms with Gasteiger partial charge in [0, 0.05) is 18.3 Å². The zero-order chi connectivity index (χ0) is 13.2. The number of ether oxygens (including phenoxy) is 1. The van der Waals surface area contributed by atoms with Gasteiger partial charge in [-0.15, -0.1) is 11.3 Å². The second-order valence-electron chi connectivity index (χ2n) is 4.15. The Hall–Kier alpha value is -2.07. The van der Waals surface area contributed by atoms with Crippen molar-refractivity contribution in [3.8, 4) is 16.3 Å². The molecule has 0 aliphatic heterocycles. The van der Waals surface area contributed by atoms with E-state index < -0.39 is 0 Å². The molecule has 0 aliphatic carbocycles. The van der Waals surface area contributed by atoms with Crippen LogP contribution in [-0.4, -0.2) is 19.1 Å². The zero-order valence-corrected chi connectivity index (χ0v) is 11.6. The van der Waals surface area contributed by atoms with Crippen LogP contribution in [0.3, 0.4) is 0 Å². The molecule has 0 unspecified atom stereocenters. The number of aromatic nitrogens is 1. The van der Waals surface area contributed by atoms with Crippen molar-refractivity contribution in [2.75, 3.05) is 19.5 Å². The van der Waals surface area contributed by atoms with E-state index in [0.717, 1.165) is 32.2 Å². The van der Waals surface area contributed by atoms with Gasteiger partial charge < -0.3 is 10.1 Å². The fourth-order valence-electron chi connectivity index (χ4n) is 2.03. The minimum atomic E-state index is 0.865. The first-order chi connectivity index (χ1) is 9.31. The summed E-state index contributed by atoms with van der Waals surface area (Å²) in [6.45, 7) is 0. The summed E-state index contributed by atoms with van der Waals surface area (Å²) < 4.78 is 6.39. The van der Waals surface area contributed by atoms with Crippen molar-refractivity contribution in [2.24, 2.45) is 0 Å². The van der Waals surface area contributed by atoms with E-state index in [2.05, 4.69) is 22.4 Å². The van der Waals surface area contributed by atoms with E-state index in [1.807, 2.05) is 37.4 Å². The molecule has 4 heteroatoms. The summed E-state index contributed by atoms with van der Waals surface area (Å²) >= 11 is 1.68. The Bertz CT molecular complexity index is 721. The third-order valence-corrected chi connectivity index (χ3v) is 4.07. The van der Waals surface area contributed by atoms with Gasteiger partial charge in [0.05, 0.1) is 17.3 Å². The summed E-state index contributed by atoms with van der Waals surface area (Å²) in [5, 5.41) is 4.22. The molecule has 0 atom stereocenters. The predicted molar refractivity (Wildman–Crippen MR) is 81.2 cm³/mol. The minimum Gasteiger partial charge on any atom is -0.497 e. The highest BCUT2D eigenvalue weighted by Gasteiger charge is 2.10. The highest BCUT2D eigenvalue weighted by Crippen LogP contribution is 2.35. The number of fused-ring (bicyclic) bond motifs is 1. The van der Waals surface area contributed by atoms with Gasteiger partial charge in [0.2, 0.25) is 0 Å². The van der Waals surface area contributed by atoms with Crippen molar-refractivity contribution < 1.29 is 4.74 Å². The number of nitrogens with one attached hydrogen (secondary N) is 1. The van der Waals surface area contributed by atoms with Crippen LogP contribution >= 0.6 is 11.3 Å². The molecule has 1 aromatic heterocycles. The third-order valence-electron chi connectivity index (χ3n) is 3.02. The SMILES string of the molecule is CNc1ccccc1-c1nc2ccc(OC)cc2s1. The van der Waals surface area contributed by atoms with Gasteiger partial charge in [-0.2, -0.15) is 0 Å². The average molecular weight is 270 g/mol. The van der Waals surface area contributed by atoms with Gasteiger partial charge in [0.15, 0.2) is 0 Å². The van der Waals surface area contributed by atoms with Gasteiger partial charge in [-0.05, 0) is 30.3 Å². The molecule has 1 heterocycles. The number of thiazole rings is 1. The maximum absolute atomic E-state index is 5.25. The van der Waals surface area contributed by atoms with E-state index in [4.69, 9.17) is 4.74 Å². The maximum atomic E-state index is 5.25. The Labute approximate surface area is 115 Å². The Morgan fingerprint density at radius 3 is 2.79 bits per heavy atom. The van der Waals surface area contributed by atoms with E-state index in [1.165, 1.54) is 0 Å². The summed E-state index contributed by atoms with van der Waals surface area (Å²) in [6, 6.07) is 14.2. The molecule has 96 valence electrons. The molecule has 0 spiro atoms. The Balaban J connectivity index is 2.15. The standard InChI is InChI=1S/C15H14N2OS/c1-16-12-6-4-3-5-11(12)15-17-13-8-7-10(18-2)9-14(13)19-15/h3-9,16H,1-2H3. The number of hydrogen-bond donors (Lipinski definition) is 1. The predicted octanol–water partition coefficient (Wildman–Crippen LogP) is 4.01. The number of benzene rings is 2. The van der Waals surface area contributed by atoms with Crippen molar-refractivity contribution in [3.05, 3.63) is 42.5 Å². The molecule has 0 bridgehead atoms. The quantitative estimate of drug-likeness (QED) is 0.780. The summed E-state index contributed by atoms with van der Waals surface area (Å²) in [4.78, 5) is 4.69. The number of hydrogen-bond acceptors (Lipinski definition) is 4. The van der Waals surface area contributed by atoms with Crippen molar-refractivity contribution >= 4 is 27.2 Å². The lowest BCUT2D eigenvalue weighted by Gasteiger charge is -2.04. The van der Waals surface area contributed by atoms with Crippen LogP contribution < -0.4 is 10.1 Å². The lowest BCUT2D eigenvalue weighted by atomic mass is 10.2. The normalized spacial score (nSPS) is 10.6. The number of nitrogens with zero attached hydrogens (tertiary/aromatic N) is 1. The van der Waals surface area contributed by atoms with Crippen LogP contribution in [0.2, 0.25) is 0 Å². The fourth-order valence-corrected chi connectivity index (χ4v) is 3.07. The summed E-state index contributed by atoms with van der Waals surface area (Å²) in [7, 11) is 3.61. The molecule has 0 fully saturated rings. The van der Waals surface area contributed by atoms with Crippen molar-refractivity contribution in [3.63, 3.8) is 0 Å². The molecule has 0 amide bonds. The molecule has 2 aromatic carbocycles. The molecule has 0 radical (unpaired) electrons. The summed E-state index contributed by atoms with van der Waals surface area (Å²) in [6.07, 6.45) is 0. The Morgan fingerprint density at radius 1 is 1.16 bits per heavy atom. The lowest BCUT2D eigenvalue weighted by molar-refractivity contribution is 0.415.